The summed E-state index contributed by atoms with van der Waals surface area (Å²) in [5.74, 6) is 1.60. The molecule has 2 unspecified atom stereocenters. The van der Waals surface area contributed by atoms with Gasteiger partial charge in [-0.3, -0.25) is 0 Å². The SMILES string of the molecule is CCCNC(CC(CC)CC)C(C)Oc1cccc(Cl)c1. The van der Waals surface area contributed by atoms with Crippen LogP contribution in [0.25, 0.3) is 0 Å². The molecule has 0 aromatic heterocycles. The van der Waals surface area contributed by atoms with Crippen molar-refractivity contribution in [2.45, 2.75) is 65.5 Å². The Morgan fingerprint density at radius 2 is 1.90 bits per heavy atom. The number of nitrogens with one attached hydrogen (secondary N) is 1. The number of hydrogen-bond acceptors (Lipinski definition) is 2. The summed E-state index contributed by atoms with van der Waals surface area (Å²) in [4.78, 5) is 0. The molecule has 0 bridgehead atoms. The predicted octanol–water partition coefficient (Wildman–Crippen LogP) is 5.30. The summed E-state index contributed by atoms with van der Waals surface area (Å²) in [5.41, 5.74) is 0. The fourth-order valence-corrected chi connectivity index (χ4v) is 2.77. The largest absolute Gasteiger partial charge is 0.489 e. The summed E-state index contributed by atoms with van der Waals surface area (Å²) in [6.07, 6.45) is 4.89. The number of rotatable bonds is 10. The Balaban J connectivity index is 2.67. The lowest BCUT2D eigenvalue weighted by Crippen LogP contribution is -2.43. The van der Waals surface area contributed by atoms with E-state index in [0.29, 0.717) is 6.04 Å². The zero-order valence-electron chi connectivity index (χ0n) is 13.9. The molecule has 0 radical (unpaired) electrons. The Labute approximate surface area is 135 Å². The molecule has 120 valence electrons. The minimum absolute atomic E-state index is 0.135. The highest BCUT2D eigenvalue weighted by molar-refractivity contribution is 6.30. The van der Waals surface area contributed by atoms with Gasteiger partial charge in [0.15, 0.2) is 0 Å². The molecule has 1 N–H and O–H groups in total. The van der Waals surface area contributed by atoms with Crippen LogP contribution in [0.5, 0.6) is 5.75 Å². The van der Waals surface area contributed by atoms with Crippen LogP contribution in [0.15, 0.2) is 24.3 Å². The third-order valence-corrected chi connectivity index (χ3v) is 4.32. The maximum absolute atomic E-state index is 6.10. The summed E-state index contributed by atoms with van der Waals surface area (Å²) in [6.45, 7) is 9.93. The van der Waals surface area contributed by atoms with E-state index in [9.17, 15) is 0 Å². The van der Waals surface area contributed by atoms with Crippen LogP contribution in [0.2, 0.25) is 5.02 Å². The van der Waals surface area contributed by atoms with Gasteiger partial charge in [-0.25, -0.2) is 0 Å². The molecule has 0 amide bonds. The van der Waals surface area contributed by atoms with Gasteiger partial charge in [0.05, 0.1) is 0 Å². The average Bonchev–Trinajstić information content (AvgIpc) is 2.47. The van der Waals surface area contributed by atoms with Crippen LogP contribution in [0, 0.1) is 5.92 Å². The van der Waals surface area contributed by atoms with Crippen molar-refractivity contribution in [1.82, 2.24) is 5.32 Å². The predicted molar refractivity (Wildman–Crippen MR) is 92.3 cm³/mol. The highest BCUT2D eigenvalue weighted by Crippen LogP contribution is 2.22. The van der Waals surface area contributed by atoms with Crippen molar-refractivity contribution >= 4 is 11.6 Å². The first kappa shape index (κ1) is 18.3. The minimum Gasteiger partial charge on any atom is -0.489 e. The van der Waals surface area contributed by atoms with E-state index in [0.717, 1.165) is 36.1 Å². The zero-order valence-corrected chi connectivity index (χ0v) is 14.6. The van der Waals surface area contributed by atoms with Crippen LogP contribution in [0.4, 0.5) is 0 Å². The van der Waals surface area contributed by atoms with Crippen molar-refractivity contribution < 1.29 is 4.74 Å². The molecule has 0 aliphatic carbocycles. The van der Waals surface area contributed by atoms with Crippen LogP contribution in [-0.4, -0.2) is 18.7 Å². The van der Waals surface area contributed by atoms with Gasteiger partial charge in [-0.05, 0) is 50.4 Å². The fraction of sp³-hybridized carbons (Fsp3) is 0.667. The third-order valence-electron chi connectivity index (χ3n) is 4.08. The number of ether oxygens (including phenoxy) is 1. The van der Waals surface area contributed by atoms with Gasteiger partial charge in [-0.15, -0.1) is 0 Å². The van der Waals surface area contributed by atoms with Gasteiger partial charge >= 0.3 is 0 Å². The molecule has 1 rings (SSSR count). The lowest BCUT2D eigenvalue weighted by atomic mass is 9.92. The second-order valence-corrected chi connectivity index (χ2v) is 6.20. The Kier molecular flexibility index (Phi) is 8.79. The molecule has 0 saturated heterocycles. The van der Waals surface area contributed by atoms with Gasteiger partial charge in [0.1, 0.15) is 11.9 Å². The Morgan fingerprint density at radius 3 is 2.48 bits per heavy atom. The number of benzene rings is 1. The summed E-state index contributed by atoms with van der Waals surface area (Å²) in [5, 5.41) is 4.37. The van der Waals surface area contributed by atoms with E-state index >= 15 is 0 Å². The van der Waals surface area contributed by atoms with Crippen molar-refractivity contribution in [2.75, 3.05) is 6.54 Å². The number of halogens is 1. The van der Waals surface area contributed by atoms with E-state index in [1.807, 2.05) is 24.3 Å². The van der Waals surface area contributed by atoms with Crippen molar-refractivity contribution in [3.8, 4) is 5.75 Å². The van der Waals surface area contributed by atoms with Gasteiger partial charge in [0, 0.05) is 11.1 Å². The summed E-state index contributed by atoms with van der Waals surface area (Å²) in [7, 11) is 0. The van der Waals surface area contributed by atoms with Crippen molar-refractivity contribution in [3.05, 3.63) is 29.3 Å². The third kappa shape index (κ3) is 6.71. The molecule has 0 aliphatic rings. The highest BCUT2D eigenvalue weighted by atomic mass is 35.5. The van der Waals surface area contributed by atoms with Crippen molar-refractivity contribution in [3.63, 3.8) is 0 Å². The van der Waals surface area contributed by atoms with Crippen molar-refractivity contribution in [2.24, 2.45) is 5.92 Å². The first-order valence-corrected chi connectivity index (χ1v) is 8.64. The first-order valence-electron chi connectivity index (χ1n) is 8.26. The molecule has 0 fully saturated rings. The zero-order chi connectivity index (χ0) is 15.7. The topological polar surface area (TPSA) is 21.3 Å². The molecule has 2 nitrogen and oxygen atoms in total. The molecular weight excluding hydrogens is 282 g/mol. The summed E-state index contributed by atoms with van der Waals surface area (Å²) < 4.78 is 6.10. The van der Waals surface area contributed by atoms with Crippen LogP contribution in [0.1, 0.15) is 53.4 Å². The summed E-state index contributed by atoms with van der Waals surface area (Å²) in [6, 6.07) is 8.03. The van der Waals surface area contributed by atoms with Gasteiger partial charge < -0.3 is 10.1 Å². The lowest BCUT2D eigenvalue weighted by molar-refractivity contribution is 0.151. The highest BCUT2D eigenvalue weighted by Gasteiger charge is 2.21. The van der Waals surface area contributed by atoms with E-state index in [4.69, 9.17) is 16.3 Å². The minimum atomic E-state index is 0.135. The Hall–Kier alpha value is -0.730. The monoisotopic (exact) mass is 311 g/mol. The molecule has 0 spiro atoms. The van der Waals surface area contributed by atoms with Crippen LogP contribution in [0.3, 0.4) is 0 Å². The smallest absolute Gasteiger partial charge is 0.121 e. The first-order chi connectivity index (χ1) is 10.1. The van der Waals surface area contributed by atoms with E-state index < -0.39 is 0 Å². The van der Waals surface area contributed by atoms with Gasteiger partial charge in [0.2, 0.25) is 0 Å². The van der Waals surface area contributed by atoms with Crippen molar-refractivity contribution in [1.29, 1.82) is 0 Å². The molecule has 1 aromatic carbocycles. The maximum Gasteiger partial charge on any atom is 0.121 e. The van der Waals surface area contributed by atoms with E-state index in [1.165, 1.54) is 12.8 Å². The molecule has 21 heavy (non-hydrogen) atoms. The second kappa shape index (κ2) is 10.1. The standard InChI is InChI=1S/C18H30ClNO/c1-5-11-20-18(12-15(6-2)7-3)14(4)21-17-10-8-9-16(19)13-17/h8-10,13-15,18,20H,5-7,11-12H2,1-4H3. The maximum atomic E-state index is 6.10. The second-order valence-electron chi connectivity index (χ2n) is 5.76. The van der Waals surface area contributed by atoms with E-state index in [2.05, 4.69) is 33.0 Å². The van der Waals surface area contributed by atoms with E-state index in [-0.39, 0.29) is 6.10 Å². The molecular formula is C18H30ClNO. The van der Waals surface area contributed by atoms with Gasteiger partial charge in [-0.2, -0.15) is 0 Å². The molecule has 1 aromatic rings. The van der Waals surface area contributed by atoms with Crippen LogP contribution < -0.4 is 10.1 Å². The fourth-order valence-electron chi connectivity index (χ4n) is 2.59. The Morgan fingerprint density at radius 1 is 1.19 bits per heavy atom. The molecule has 2 atom stereocenters. The Bertz CT molecular complexity index is 393. The summed E-state index contributed by atoms with van der Waals surface area (Å²) >= 11 is 6.03. The van der Waals surface area contributed by atoms with Crippen LogP contribution in [-0.2, 0) is 0 Å². The molecule has 0 aliphatic heterocycles. The quantitative estimate of drug-likeness (QED) is 0.633. The average molecular weight is 312 g/mol. The van der Waals surface area contributed by atoms with Crippen LogP contribution >= 0.6 is 11.6 Å². The molecule has 3 heteroatoms. The molecule has 0 saturated carbocycles. The van der Waals surface area contributed by atoms with E-state index in [1.54, 1.807) is 0 Å². The number of hydrogen-bond donors (Lipinski definition) is 1. The van der Waals surface area contributed by atoms with Gasteiger partial charge in [-0.1, -0.05) is 51.3 Å². The lowest BCUT2D eigenvalue weighted by Gasteiger charge is -2.29. The normalized spacial score (nSPS) is 14.2. The van der Waals surface area contributed by atoms with Gasteiger partial charge in [0.25, 0.3) is 0 Å². The molecule has 0 heterocycles.